The van der Waals surface area contributed by atoms with Gasteiger partial charge in [0.05, 0.1) is 0 Å². The largest absolute Gasteiger partial charge is 0.367 e. The minimum absolute atomic E-state index is 0.163. The van der Waals surface area contributed by atoms with Crippen LogP contribution in [0.3, 0.4) is 0 Å². The Balaban J connectivity index is 1.92. The third-order valence-corrected chi connectivity index (χ3v) is 6.03. The van der Waals surface area contributed by atoms with Gasteiger partial charge in [-0.15, -0.1) is 0 Å². The van der Waals surface area contributed by atoms with Crippen molar-refractivity contribution < 1.29 is 0 Å². The highest BCUT2D eigenvalue weighted by Crippen LogP contribution is 2.29. The van der Waals surface area contributed by atoms with Crippen molar-refractivity contribution in [3.8, 4) is 6.07 Å². The first-order chi connectivity index (χ1) is 11.3. The molecule has 0 saturated carbocycles. The third kappa shape index (κ3) is 2.77. The highest BCUT2D eigenvalue weighted by atomic mass is 32.1. The number of nitrogens with zero attached hydrogens (tertiary/aromatic N) is 5. The van der Waals surface area contributed by atoms with Gasteiger partial charge >= 0.3 is 0 Å². The summed E-state index contributed by atoms with van der Waals surface area (Å²) in [5, 5.41) is 21.2. The maximum Gasteiger partial charge on any atom is 0.182 e. The van der Waals surface area contributed by atoms with Gasteiger partial charge in [-0.3, -0.25) is 10.3 Å². The second-order valence-corrected chi connectivity index (χ2v) is 7.46. The molecule has 2 bridgehead atoms. The average molecular weight is 347 g/mol. The molecule has 2 saturated heterocycles. The van der Waals surface area contributed by atoms with Gasteiger partial charge < -0.3 is 19.4 Å². The van der Waals surface area contributed by atoms with Gasteiger partial charge in [-0.1, -0.05) is 0 Å². The van der Waals surface area contributed by atoms with Crippen molar-refractivity contribution in [3.05, 3.63) is 15.8 Å². The molecule has 3 heterocycles. The SMILES string of the molecule is CN1CC2CC(Nc3c(C#N)c(=N)n(C)c(=S)n3C)CC(C1)N2C. The summed E-state index contributed by atoms with van der Waals surface area (Å²) in [6.45, 7) is 2.14. The molecule has 1 aromatic rings. The fraction of sp³-hybridized carbons (Fsp3) is 0.688. The molecule has 0 aliphatic carbocycles. The molecule has 7 nitrogen and oxygen atoms in total. The first-order valence-corrected chi connectivity index (χ1v) is 8.66. The Bertz CT molecular complexity index is 786. The number of nitriles is 1. The molecule has 0 spiro atoms. The van der Waals surface area contributed by atoms with Crippen LogP contribution in [0.1, 0.15) is 18.4 Å². The Morgan fingerprint density at radius 2 is 1.71 bits per heavy atom. The topological polar surface area (TPSA) is 76.0 Å². The average Bonchev–Trinajstić information content (AvgIpc) is 2.53. The van der Waals surface area contributed by atoms with E-state index in [0.29, 0.717) is 34.3 Å². The van der Waals surface area contributed by atoms with Gasteiger partial charge in [0.15, 0.2) is 4.77 Å². The summed E-state index contributed by atoms with van der Waals surface area (Å²) in [6, 6.07) is 3.51. The maximum absolute atomic E-state index is 9.52. The highest BCUT2D eigenvalue weighted by molar-refractivity contribution is 7.71. The number of nitrogens with one attached hydrogen (secondary N) is 2. The molecule has 0 aromatic carbocycles. The van der Waals surface area contributed by atoms with Gasteiger partial charge in [0.2, 0.25) is 0 Å². The number of aromatic nitrogens is 2. The quantitative estimate of drug-likeness (QED) is 0.768. The molecular formula is C16H25N7S. The van der Waals surface area contributed by atoms with Crippen LogP contribution in [0.4, 0.5) is 5.82 Å². The molecule has 8 heteroatoms. The Hall–Kier alpha value is -1.69. The second kappa shape index (κ2) is 6.31. The van der Waals surface area contributed by atoms with Crippen LogP contribution < -0.4 is 10.8 Å². The van der Waals surface area contributed by atoms with Gasteiger partial charge in [0.25, 0.3) is 0 Å². The smallest absolute Gasteiger partial charge is 0.182 e. The fourth-order valence-corrected chi connectivity index (χ4v) is 4.22. The van der Waals surface area contributed by atoms with E-state index >= 15 is 0 Å². The van der Waals surface area contributed by atoms with E-state index < -0.39 is 0 Å². The van der Waals surface area contributed by atoms with Crippen molar-refractivity contribution in [2.24, 2.45) is 14.1 Å². The summed E-state index contributed by atoms with van der Waals surface area (Å²) in [4.78, 5) is 4.89. The molecule has 130 valence electrons. The number of piperidine rings is 1. The molecule has 2 unspecified atom stereocenters. The van der Waals surface area contributed by atoms with Crippen molar-refractivity contribution >= 4 is 18.0 Å². The van der Waals surface area contributed by atoms with E-state index in [0.717, 1.165) is 25.9 Å². The Morgan fingerprint density at radius 3 is 2.25 bits per heavy atom. The fourth-order valence-electron chi connectivity index (χ4n) is 4.03. The van der Waals surface area contributed by atoms with E-state index in [1.54, 1.807) is 11.6 Å². The third-order valence-electron chi connectivity index (χ3n) is 5.48. The van der Waals surface area contributed by atoms with Crippen molar-refractivity contribution in [2.75, 3.05) is 32.5 Å². The number of piperazine rings is 1. The van der Waals surface area contributed by atoms with Crippen molar-refractivity contribution in [1.82, 2.24) is 18.9 Å². The normalized spacial score (nSPS) is 27.7. The molecule has 2 aliphatic rings. The van der Waals surface area contributed by atoms with Crippen molar-refractivity contribution in [3.63, 3.8) is 0 Å². The number of anilines is 1. The zero-order valence-electron chi connectivity index (χ0n) is 14.7. The minimum atomic E-state index is 0.163. The lowest BCUT2D eigenvalue weighted by Crippen LogP contribution is -2.61. The van der Waals surface area contributed by atoms with E-state index in [-0.39, 0.29) is 5.49 Å². The van der Waals surface area contributed by atoms with Crippen LogP contribution in [0.5, 0.6) is 0 Å². The summed E-state index contributed by atoms with van der Waals surface area (Å²) < 4.78 is 3.91. The van der Waals surface area contributed by atoms with Crippen LogP contribution in [0.15, 0.2) is 0 Å². The van der Waals surface area contributed by atoms with E-state index in [4.69, 9.17) is 17.6 Å². The molecular weight excluding hydrogens is 322 g/mol. The first-order valence-electron chi connectivity index (χ1n) is 8.25. The molecule has 2 atom stereocenters. The standard InChI is InChI=1S/C16H25N7S/c1-20-8-11-5-10(6-12(9-20)21(11)2)19-15-13(7-17)14(18)22(3)16(24)23(15)4/h10-12,18-19H,5-6,8-9H2,1-4H3. The summed E-state index contributed by atoms with van der Waals surface area (Å²) in [5.41, 5.74) is 0.519. The van der Waals surface area contributed by atoms with E-state index in [1.807, 2.05) is 11.6 Å². The molecule has 2 N–H and O–H groups in total. The second-order valence-electron chi connectivity index (χ2n) is 7.09. The van der Waals surface area contributed by atoms with E-state index in [9.17, 15) is 5.26 Å². The minimum Gasteiger partial charge on any atom is -0.367 e. The number of likely N-dealkylation sites (tertiary alicyclic amines) is 1. The Morgan fingerprint density at radius 1 is 1.12 bits per heavy atom. The van der Waals surface area contributed by atoms with Gasteiger partial charge in [-0.2, -0.15) is 5.26 Å². The maximum atomic E-state index is 9.52. The number of rotatable bonds is 2. The predicted octanol–water partition coefficient (Wildman–Crippen LogP) is 0.633. The Labute approximate surface area is 147 Å². The molecule has 24 heavy (non-hydrogen) atoms. The van der Waals surface area contributed by atoms with Gasteiger partial charge in [0, 0.05) is 45.3 Å². The van der Waals surface area contributed by atoms with Crippen LogP contribution in [-0.2, 0) is 14.1 Å². The molecule has 3 rings (SSSR count). The van der Waals surface area contributed by atoms with Crippen LogP contribution in [0.25, 0.3) is 0 Å². The lowest BCUT2D eigenvalue weighted by Gasteiger charge is -2.50. The zero-order valence-corrected chi connectivity index (χ0v) is 15.5. The highest BCUT2D eigenvalue weighted by Gasteiger charge is 2.38. The number of fused-ring (bicyclic) bond motifs is 2. The number of likely N-dealkylation sites (N-methyl/N-ethyl adjacent to an activating group) is 2. The molecule has 2 aliphatic heterocycles. The van der Waals surface area contributed by atoms with E-state index in [1.165, 1.54) is 0 Å². The van der Waals surface area contributed by atoms with Crippen molar-refractivity contribution in [1.29, 1.82) is 10.7 Å². The molecule has 0 amide bonds. The lowest BCUT2D eigenvalue weighted by atomic mass is 9.88. The van der Waals surface area contributed by atoms with Crippen LogP contribution in [0, 0.1) is 21.5 Å². The summed E-state index contributed by atoms with van der Waals surface area (Å²) in [6.07, 6.45) is 2.06. The van der Waals surface area contributed by atoms with Crippen LogP contribution >= 0.6 is 12.2 Å². The van der Waals surface area contributed by atoms with Crippen LogP contribution in [-0.4, -0.2) is 64.2 Å². The van der Waals surface area contributed by atoms with Gasteiger partial charge in [-0.25, -0.2) is 0 Å². The predicted molar refractivity (Wildman–Crippen MR) is 95.3 cm³/mol. The number of hydrogen-bond donors (Lipinski definition) is 2. The molecule has 1 aromatic heterocycles. The molecule has 2 fully saturated rings. The van der Waals surface area contributed by atoms with E-state index in [2.05, 4.69) is 35.3 Å². The van der Waals surface area contributed by atoms with Gasteiger partial charge in [-0.05, 0) is 39.2 Å². The summed E-state index contributed by atoms with van der Waals surface area (Å²) >= 11 is 5.40. The summed E-state index contributed by atoms with van der Waals surface area (Å²) in [5.74, 6) is 0.673. The monoisotopic (exact) mass is 347 g/mol. The van der Waals surface area contributed by atoms with Gasteiger partial charge in [0.1, 0.15) is 22.9 Å². The van der Waals surface area contributed by atoms with Crippen LogP contribution in [0.2, 0.25) is 0 Å². The summed E-state index contributed by atoms with van der Waals surface area (Å²) in [7, 11) is 7.98. The molecule has 0 radical (unpaired) electrons. The first kappa shape index (κ1) is 17.1. The Kier molecular flexibility index (Phi) is 4.51. The zero-order chi connectivity index (χ0) is 17.6. The lowest BCUT2D eigenvalue weighted by molar-refractivity contribution is 0.0169. The van der Waals surface area contributed by atoms with Crippen molar-refractivity contribution in [2.45, 2.75) is 31.0 Å². The number of hydrogen-bond acceptors (Lipinski definition) is 6.